The summed E-state index contributed by atoms with van der Waals surface area (Å²) >= 11 is 1.36. The van der Waals surface area contributed by atoms with Crippen LogP contribution >= 0.6 is 11.3 Å². The molecule has 170 valence electrons. The fourth-order valence-corrected chi connectivity index (χ4v) is 5.32. The van der Waals surface area contributed by atoms with Gasteiger partial charge in [-0.05, 0) is 49.8 Å². The number of nitro benzene ring substituents is 1. The van der Waals surface area contributed by atoms with Crippen LogP contribution < -0.4 is 5.32 Å². The third-order valence-corrected chi connectivity index (χ3v) is 7.20. The average Bonchev–Trinajstić information content (AvgIpc) is 3.15. The van der Waals surface area contributed by atoms with Gasteiger partial charge in [0, 0.05) is 35.7 Å². The van der Waals surface area contributed by atoms with Gasteiger partial charge >= 0.3 is 0 Å². The minimum atomic E-state index is -0.523. The van der Waals surface area contributed by atoms with Gasteiger partial charge in [-0.15, -0.1) is 11.3 Å². The van der Waals surface area contributed by atoms with Gasteiger partial charge < -0.3 is 10.2 Å². The number of nitrogens with zero attached hydrogens (tertiary/aromatic N) is 2. The molecule has 2 heterocycles. The molecule has 33 heavy (non-hydrogen) atoms. The maximum atomic E-state index is 13.5. The number of hydrogen-bond donors (Lipinski definition) is 1. The van der Waals surface area contributed by atoms with E-state index in [1.807, 2.05) is 42.2 Å². The first kappa shape index (κ1) is 22.7. The van der Waals surface area contributed by atoms with Gasteiger partial charge in [-0.1, -0.05) is 36.4 Å². The van der Waals surface area contributed by atoms with E-state index in [2.05, 4.69) is 5.32 Å². The summed E-state index contributed by atoms with van der Waals surface area (Å²) in [6.07, 6.45) is 3.04. The number of nitrogens with one attached hydrogen (secondary N) is 1. The Bertz CT molecular complexity index is 1210. The highest BCUT2D eigenvalue weighted by molar-refractivity contribution is 7.20. The van der Waals surface area contributed by atoms with Crippen LogP contribution in [0.4, 0.5) is 10.7 Å². The molecule has 1 aliphatic heterocycles. The lowest BCUT2D eigenvalue weighted by molar-refractivity contribution is -0.384. The van der Waals surface area contributed by atoms with Crippen molar-refractivity contribution in [1.29, 1.82) is 0 Å². The zero-order chi connectivity index (χ0) is 23.5. The van der Waals surface area contributed by atoms with Gasteiger partial charge in [-0.2, -0.15) is 0 Å². The number of amides is 2. The molecule has 1 N–H and O–H groups in total. The summed E-state index contributed by atoms with van der Waals surface area (Å²) in [5, 5.41) is 14.6. The SMILES string of the molecule is Cc1ccc([N+](=O)[O-])cc1C(=O)Nc1sc(-c2ccccc2)c(C)c1C(=O)N1CCCCC1. The van der Waals surface area contributed by atoms with Crippen LogP contribution in [0.3, 0.4) is 0 Å². The summed E-state index contributed by atoms with van der Waals surface area (Å²) in [4.78, 5) is 40.1. The van der Waals surface area contributed by atoms with E-state index in [4.69, 9.17) is 0 Å². The topological polar surface area (TPSA) is 92.5 Å². The monoisotopic (exact) mass is 463 g/mol. The van der Waals surface area contributed by atoms with Crippen molar-refractivity contribution in [2.75, 3.05) is 18.4 Å². The molecule has 0 unspecified atom stereocenters. The Kier molecular flexibility index (Phi) is 6.55. The van der Waals surface area contributed by atoms with Gasteiger partial charge in [-0.25, -0.2) is 0 Å². The van der Waals surface area contributed by atoms with Crippen molar-refractivity contribution in [3.8, 4) is 10.4 Å². The summed E-state index contributed by atoms with van der Waals surface area (Å²) in [6, 6.07) is 14.0. The second-order valence-electron chi connectivity index (χ2n) is 8.19. The molecule has 0 aliphatic carbocycles. The third-order valence-electron chi connectivity index (χ3n) is 5.94. The van der Waals surface area contributed by atoms with Crippen molar-refractivity contribution in [1.82, 2.24) is 4.90 Å². The lowest BCUT2D eigenvalue weighted by Crippen LogP contribution is -2.36. The minimum absolute atomic E-state index is 0.0864. The summed E-state index contributed by atoms with van der Waals surface area (Å²) in [6.45, 7) is 5.04. The molecule has 0 radical (unpaired) electrons. The third kappa shape index (κ3) is 4.66. The van der Waals surface area contributed by atoms with E-state index in [0.717, 1.165) is 35.3 Å². The molecule has 2 amide bonds. The number of hydrogen-bond acceptors (Lipinski definition) is 5. The molecule has 7 nitrogen and oxygen atoms in total. The van der Waals surface area contributed by atoms with Gasteiger partial charge in [-0.3, -0.25) is 19.7 Å². The summed E-state index contributed by atoms with van der Waals surface area (Å²) in [5.74, 6) is -0.554. The fourth-order valence-electron chi connectivity index (χ4n) is 4.12. The second-order valence-corrected chi connectivity index (χ2v) is 9.21. The smallest absolute Gasteiger partial charge is 0.270 e. The number of non-ortho nitro benzene ring substituents is 1. The maximum absolute atomic E-state index is 13.5. The van der Waals surface area contributed by atoms with Crippen molar-refractivity contribution >= 4 is 33.8 Å². The van der Waals surface area contributed by atoms with E-state index in [1.165, 1.54) is 23.5 Å². The van der Waals surface area contributed by atoms with E-state index in [1.54, 1.807) is 13.0 Å². The number of nitro groups is 1. The van der Waals surface area contributed by atoms with Crippen LogP contribution in [0.1, 0.15) is 51.1 Å². The molecule has 0 saturated carbocycles. The van der Waals surface area contributed by atoms with Crippen molar-refractivity contribution in [2.24, 2.45) is 0 Å². The molecule has 1 aromatic heterocycles. The Morgan fingerprint density at radius 3 is 2.39 bits per heavy atom. The number of aryl methyl sites for hydroxylation is 1. The molecule has 1 aliphatic rings. The summed E-state index contributed by atoms with van der Waals surface area (Å²) in [7, 11) is 0. The molecule has 0 bridgehead atoms. The standard InChI is InChI=1S/C25H25N3O4S/c1-16-11-12-19(28(31)32)15-20(16)23(29)26-24-21(25(30)27-13-7-4-8-14-27)17(2)22(33-24)18-9-5-3-6-10-18/h3,5-6,9-12,15H,4,7-8,13-14H2,1-2H3,(H,26,29). The number of piperidine rings is 1. The van der Waals surface area contributed by atoms with Crippen LogP contribution in [0, 0.1) is 24.0 Å². The van der Waals surface area contributed by atoms with Crippen molar-refractivity contribution in [3.63, 3.8) is 0 Å². The van der Waals surface area contributed by atoms with Gasteiger partial charge in [0.1, 0.15) is 5.00 Å². The number of thiophene rings is 1. The minimum Gasteiger partial charge on any atom is -0.339 e. The van der Waals surface area contributed by atoms with Gasteiger partial charge in [0.2, 0.25) is 0 Å². The Balaban J connectivity index is 1.75. The zero-order valence-electron chi connectivity index (χ0n) is 18.6. The second kappa shape index (κ2) is 9.54. The van der Waals surface area contributed by atoms with Crippen LogP contribution in [0.25, 0.3) is 10.4 Å². The molecule has 1 saturated heterocycles. The number of likely N-dealkylation sites (tertiary alicyclic amines) is 1. The van der Waals surface area contributed by atoms with E-state index in [9.17, 15) is 19.7 Å². The van der Waals surface area contributed by atoms with Gasteiger partial charge in [0.15, 0.2) is 0 Å². The van der Waals surface area contributed by atoms with Crippen molar-refractivity contribution < 1.29 is 14.5 Å². The Labute approximate surface area is 196 Å². The molecule has 3 aromatic rings. The highest BCUT2D eigenvalue weighted by Gasteiger charge is 2.28. The highest BCUT2D eigenvalue weighted by atomic mass is 32.1. The maximum Gasteiger partial charge on any atom is 0.270 e. The molecule has 8 heteroatoms. The van der Waals surface area contributed by atoms with Crippen LogP contribution in [-0.2, 0) is 0 Å². The van der Waals surface area contributed by atoms with Crippen LogP contribution in [0.2, 0.25) is 0 Å². The average molecular weight is 464 g/mol. The first-order valence-electron chi connectivity index (χ1n) is 10.9. The van der Waals surface area contributed by atoms with Crippen LogP contribution in [-0.4, -0.2) is 34.7 Å². The first-order chi connectivity index (χ1) is 15.9. The molecule has 1 fully saturated rings. The van der Waals surface area contributed by atoms with Crippen molar-refractivity contribution in [2.45, 2.75) is 33.1 Å². The molecule has 0 spiro atoms. The number of carbonyl (C=O) groups excluding carboxylic acids is 2. The fraction of sp³-hybridized carbons (Fsp3) is 0.280. The number of benzene rings is 2. The number of carbonyl (C=O) groups is 2. The van der Waals surface area contributed by atoms with Crippen LogP contribution in [0.5, 0.6) is 0 Å². The number of rotatable bonds is 5. The van der Waals surface area contributed by atoms with E-state index >= 15 is 0 Å². The van der Waals surface area contributed by atoms with E-state index in [-0.39, 0.29) is 17.2 Å². The predicted molar refractivity (Wildman–Crippen MR) is 130 cm³/mol. The number of anilines is 1. The zero-order valence-corrected chi connectivity index (χ0v) is 19.4. The summed E-state index contributed by atoms with van der Waals surface area (Å²) in [5.41, 5.74) is 2.99. The molecule has 4 rings (SSSR count). The summed E-state index contributed by atoms with van der Waals surface area (Å²) < 4.78 is 0. The Morgan fingerprint density at radius 2 is 1.73 bits per heavy atom. The van der Waals surface area contributed by atoms with Crippen LogP contribution in [0.15, 0.2) is 48.5 Å². The van der Waals surface area contributed by atoms with Gasteiger partial charge in [0.05, 0.1) is 10.5 Å². The quantitative estimate of drug-likeness (QED) is 0.381. The molecular weight excluding hydrogens is 438 g/mol. The van der Waals surface area contributed by atoms with Gasteiger partial charge in [0.25, 0.3) is 17.5 Å². The van der Waals surface area contributed by atoms with E-state index in [0.29, 0.717) is 29.2 Å². The first-order valence-corrected chi connectivity index (χ1v) is 11.7. The largest absolute Gasteiger partial charge is 0.339 e. The van der Waals surface area contributed by atoms with E-state index < -0.39 is 10.8 Å². The molecule has 2 aromatic carbocycles. The Morgan fingerprint density at radius 1 is 1.03 bits per heavy atom. The molecular formula is C25H25N3O4S. The Hall–Kier alpha value is -3.52. The lowest BCUT2D eigenvalue weighted by atomic mass is 10.0. The molecule has 0 atom stereocenters. The predicted octanol–water partition coefficient (Wildman–Crippen LogP) is 5.82. The normalized spacial score (nSPS) is 13.6. The highest BCUT2D eigenvalue weighted by Crippen LogP contribution is 2.41. The van der Waals surface area contributed by atoms with Crippen molar-refractivity contribution in [3.05, 3.63) is 80.9 Å². The lowest BCUT2D eigenvalue weighted by Gasteiger charge is -2.27.